The molecule has 2 aromatic carbocycles. The molecular weight excluding hydrogens is 306 g/mol. The summed E-state index contributed by atoms with van der Waals surface area (Å²) < 4.78 is 15.9. The number of rotatable bonds is 7. The summed E-state index contributed by atoms with van der Waals surface area (Å²) in [6.07, 6.45) is 3.27. The Kier molecular flexibility index (Phi) is 6.19. The van der Waals surface area contributed by atoms with Gasteiger partial charge in [0.2, 0.25) is 0 Å². The third kappa shape index (κ3) is 4.25. The molecule has 2 rings (SSSR count). The lowest BCUT2D eigenvalue weighted by Crippen LogP contribution is -1.97. The van der Waals surface area contributed by atoms with Gasteiger partial charge in [-0.15, -0.1) is 0 Å². The fourth-order valence-electron chi connectivity index (χ4n) is 2.09. The van der Waals surface area contributed by atoms with E-state index in [4.69, 9.17) is 14.2 Å². The van der Waals surface area contributed by atoms with Crippen LogP contribution in [0.3, 0.4) is 0 Å². The summed E-state index contributed by atoms with van der Waals surface area (Å²) in [5, 5.41) is 11.2. The molecule has 126 valence electrons. The van der Waals surface area contributed by atoms with Gasteiger partial charge in [0.1, 0.15) is 17.2 Å². The Morgan fingerprint density at radius 1 is 0.833 bits per heavy atom. The van der Waals surface area contributed by atoms with E-state index < -0.39 is 0 Å². The molecular formula is C18H21N3O3. The van der Waals surface area contributed by atoms with E-state index in [0.29, 0.717) is 22.8 Å². The Morgan fingerprint density at radius 3 is 1.92 bits per heavy atom. The number of ether oxygens (including phenoxy) is 3. The Hall–Kier alpha value is -3.02. The minimum Gasteiger partial charge on any atom is -0.496 e. The first-order valence-corrected chi connectivity index (χ1v) is 7.36. The number of methoxy groups -OCH3 is 3. The molecule has 0 aromatic heterocycles. The van der Waals surface area contributed by atoms with E-state index >= 15 is 0 Å². The zero-order valence-corrected chi connectivity index (χ0v) is 14.2. The normalized spacial score (nSPS) is 11.0. The van der Waals surface area contributed by atoms with Gasteiger partial charge in [0.05, 0.1) is 39.3 Å². The van der Waals surface area contributed by atoms with E-state index in [9.17, 15) is 0 Å². The molecule has 1 N–H and O–H groups in total. The van der Waals surface area contributed by atoms with Crippen LogP contribution < -0.4 is 19.5 Å². The molecule has 6 heteroatoms. The zero-order valence-electron chi connectivity index (χ0n) is 14.2. The molecule has 0 aliphatic heterocycles. The van der Waals surface area contributed by atoms with Crippen molar-refractivity contribution in [2.24, 2.45) is 10.2 Å². The number of hydrogen-bond donors (Lipinski definition) is 1. The van der Waals surface area contributed by atoms with Crippen LogP contribution in [-0.4, -0.2) is 40.8 Å². The molecule has 0 saturated heterocycles. The summed E-state index contributed by atoms with van der Waals surface area (Å²) in [7, 11) is 6.63. The SMILES string of the molecule is CNc1ccc(/C=N/N=C/c2c(OC)cc(OC)cc2OC)cc1. The van der Waals surface area contributed by atoms with Gasteiger partial charge in [0.25, 0.3) is 0 Å². The summed E-state index contributed by atoms with van der Waals surface area (Å²) in [6, 6.07) is 11.4. The maximum Gasteiger partial charge on any atom is 0.135 e. The van der Waals surface area contributed by atoms with E-state index in [1.807, 2.05) is 31.3 Å². The molecule has 24 heavy (non-hydrogen) atoms. The lowest BCUT2D eigenvalue weighted by atomic mass is 10.2. The number of hydrogen-bond acceptors (Lipinski definition) is 6. The van der Waals surface area contributed by atoms with Crippen LogP contribution in [0.5, 0.6) is 17.2 Å². The Labute approximate surface area is 141 Å². The average Bonchev–Trinajstić information content (AvgIpc) is 2.65. The van der Waals surface area contributed by atoms with Crippen molar-refractivity contribution in [2.75, 3.05) is 33.7 Å². The van der Waals surface area contributed by atoms with Gasteiger partial charge in [-0.05, 0) is 17.7 Å². The van der Waals surface area contributed by atoms with E-state index in [1.54, 1.807) is 45.9 Å². The van der Waals surface area contributed by atoms with Crippen LogP contribution in [-0.2, 0) is 0 Å². The molecule has 0 spiro atoms. The zero-order chi connectivity index (χ0) is 17.4. The summed E-state index contributed by atoms with van der Waals surface area (Å²) in [5.41, 5.74) is 2.70. The van der Waals surface area contributed by atoms with Gasteiger partial charge < -0.3 is 19.5 Å². The van der Waals surface area contributed by atoms with E-state index in [2.05, 4.69) is 15.5 Å². The molecule has 0 aliphatic carbocycles. The van der Waals surface area contributed by atoms with Crippen LogP contribution in [0.15, 0.2) is 46.6 Å². The molecule has 0 fully saturated rings. The largest absolute Gasteiger partial charge is 0.496 e. The number of benzene rings is 2. The van der Waals surface area contributed by atoms with Gasteiger partial charge in [-0.2, -0.15) is 10.2 Å². The smallest absolute Gasteiger partial charge is 0.135 e. The molecule has 0 unspecified atom stereocenters. The highest BCUT2D eigenvalue weighted by Gasteiger charge is 2.11. The van der Waals surface area contributed by atoms with Crippen molar-refractivity contribution in [3.05, 3.63) is 47.5 Å². The van der Waals surface area contributed by atoms with Gasteiger partial charge in [-0.3, -0.25) is 0 Å². The number of nitrogens with one attached hydrogen (secondary N) is 1. The van der Waals surface area contributed by atoms with Gasteiger partial charge >= 0.3 is 0 Å². The molecule has 2 aromatic rings. The Bertz CT molecular complexity index is 700. The quantitative estimate of drug-likeness (QED) is 0.626. The third-order valence-electron chi connectivity index (χ3n) is 3.41. The Balaban J connectivity index is 2.19. The molecule has 0 amide bonds. The highest BCUT2D eigenvalue weighted by Crippen LogP contribution is 2.32. The maximum atomic E-state index is 5.36. The Morgan fingerprint density at radius 2 is 1.42 bits per heavy atom. The van der Waals surface area contributed by atoms with Crippen LogP contribution in [0.1, 0.15) is 11.1 Å². The van der Waals surface area contributed by atoms with Crippen LogP contribution in [0.4, 0.5) is 5.69 Å². The topological polar surface area (TPSA) is 64.4 Å². The second-order valence-corrected chi connectivity index (χ2v) is 4.81. The van der Waals surface area contributed by atoms with Crippen LogP contribution >= 0.6 is 0 Å². The summed E-state index contributed by atoms with van der Waals surface area (Å²) >= 11 is 0. The van der Waals surface area contributed by atoms with Crippen molar-refractivity contribution in [3.63, 3.8) is 0 Å². The van der Waals surface area contributed by atoms with Crippen molar-refractivity contribution in [1.82, 2.24) is 0 Å². The molecule has 0 heterocycles. The van der Waals surface area contributed by atoms with Crippen molar-refractivity contribution in [3.8, 4) is 17.2 Å². The van der Waals surface area contributed by atoms with Gasteiger partial charge in [-0.1, -0.05) is 12.1 Å². The molecule has 0 atom stereocenters. The highest BCUT2D eigenvalue weighted by molar-refractivity contribution is 5.89. The lowest BCUT2D eigenvalue weighted by Gasteiger charge is -2.11. The minimum atomic E-state index is 0.600. The fourth-order valence-corrected chi connectivity index (χ4v) is 2.09. The van der Waals surface area contributed by atoms with E-state index in [1.165, 1.54) is 0 Å². The second kappa shape index (κ2) is 8.57. The molecule has 0 bridgehead atoms. The summed E-state index contributed by atoms with van der Waals surface area (Å²) in [4.78, 5) is 0. The van der Waals surface area contributed by atoms with Crippen LogP contribution in [0.2, 0.25) is 0 Å². The van der Waals surface area contributed by atoms with E-state index in [0.717, 1.165) is 11.3 Å². The molecule has 6 nitrogen and oxygen atoms in total. The van der Waals surface area contributed by atoms with Crippen molar-refractivity contribution >= 4 is 18.1 Å². The van der Waals surface area contributed by atoms with Gasteiger partial charge in [-0.25, -0.2) is 0 Å². The predicted octanol–water partition coefficient (Wildman–Crippen LogP) is 3.21. The predicted molar refractivity (Wildman–Crippen MR) is 97.3 cm³/mol. The fraction of sp³-hybridized carbons (Fsp3) is 0.222. The first-order valence-electron chi connectivity index (χ1n) is 7.36. The molecule has 0 radical (unpaired) electrons. The number of anilines is 1. The van der Waals surface area contributed by atoms with E-state index in [-0.39, 0.29) is 0 Å². The monoisotopic (exact) mass is 327 g/mol. The third-order valence-corrected chi connectivity index (χ3v) is 3.41. The molecule has 0 aliphatic rings. The standard InChI is InChI=1S/C18H21N3O3/c1-19-14-7-5-13(6-8-14)11-20-21-12-16-17(23-3)9-15(22-2)10-18(16)24-4/h5-12,19H,1-4H3/b20-11+,21-12+. The highest BCUT2D eigenvalue weighted by atomic mass is 16.5. The van der Waals surface area contributed by atoms with Crippen LogP contribution in [0.25, 0.3) is 0 Å². The summed E-state index contributed by atoms with van der Waals surface area (Å²) in [5.74, 6) is 1.85. The maximum absolute atomic E-state index is 5.36. The summed E-state index contributed by atoms with van der Waals surface area (Å²) in [6.45, 7) is 0. The van der Waals surface area contributed by atoms with Crippen LogP contribution in [0, 0.1) is 0 Å². The number of nitrogens with zero attached hydrogens (tertiary/aromatic N) is 2. The van der Waals surface area contributed by atoms with Gasteiger partial charge in [0, 0.05) is 24.9 Å². The minimum absolute atomic E-state index is 0.600. The first kappa shape index (κ1) is 17.3. The van der Waals surface area contributed by atoms with Gasteiger partial charge in [0.15, 0.2) is 0 Å². The van der Waals surface area contributed by atoms with Crippen molar-refractivity contribution in [1.29, 1.82) is 0 Å². The molecule has 0 saturated carbocycles. The van der Waals surface area contributed by atoms with Crippen molar-refractivity contribution in [2.45, 2.75) is 0 Å². The van der Waals surface area contributed by atoms with Crippen molar-refractivity contribution < 1.29 is 14.2 Å². The average molecular weight is 327 g/mol. The lowest BCUT2D eigenvalue weighted by molar-refractivity contribution is 0.374. The second-order valence-electron chi connectivity index (χ2n) is 4.81. The first-order chi connectivity index (χ1) is 11.7.